The monoisotopic (exact) mass is 259 g/mol. The summed E-state index contributed by atoms with van der Waals surface area (Å²) >= 11 is 0. The summed E-state index contributed by atoms with van der Waals surface area (Å²) in [5, 5.41) is 3.17. The van der Waals surface area contributed by atoms with Crippen molar-refractivity contribution >= 4 is 0 Å². The molecule has 2 aromatic rings. The molecule has 0 fully saturated rings. The van der Waals surface area contributed by atoms with Crippen LogP contribution in [0.3, 0.4) is 0 Å². The molecule has 4 heteroatoms. The Morgan fingerprint density at radius 2 is 2.21 bits per heavy atom. The van der Waals surface area contributed by atoms with Crippen LogP contribution in [-0.4, -0.2) is 16.6 Å². The molecule has 1 N–H and O–H groups in total. The quantitative estimate of drug-likeness (QED) is 0.866. The molecule has 0 amide bonds. The highest BCUT2D eigenvalue weighted by Gasteiger charge is 2.08. The molecule has 0 aliphatic heterocycles. The van der Waals surface area contributed by atoms with Crippen LogP contribution in [0, 0.1) is 6.92 Å². The van der Waals surface area contributed by atoms with E-state index in [4.69, 9.17) is 4.74 Å². The van der Waals surface area contributed by atoms with Crippen molar-refractivity contribution in [3.63, 3.8) is 0 Å². The topological polar surface area (TPSA) is 39.1 Å². The number of para-hydroxylation sites is 1. The lowest BCUT2D eigenvalue weighted by Gasteiger charge is -2.14. The second kappa shape index (κ2) is 6.38. The van der Waals surface area contributed by atoms with E-state index in [0.717, 1.165) is 30.1 Å². The summed E-state index contributed by atoms with van der Waals surface area (Å²) in [6.45, 7) is 6.45. The van der Waals surface area contributed by atoms with Crippen LogP contribution in [0.4, 0.5) is 0 Å². The van der Waals surface area contributed by atoms with Gasteiger partial charge in [0.25, 0.3) is 0 Å². The minimum Gasteiger partial charge on any atom is -0.487 e. The van der Waals surface area contributed by atoms with Crippen LogP contribution in [0.15, 0.2) is 30.7 Å². The maximum atomic E-state index is 6.01. The average Bonchev–Trinajstić information content (AvgIpc) is 2.86. The van der Waals surface area contributed by atoms with Gasteiger partial charge in [-0.2, -0.15) is 0 Å². The van der Waals surface area contributed by atoms with E-state index in [9.17, 15) is 0 Å². The third kappa shape index (κ3) is 3.15. The fourth-order valence-electron chi connectivity index (χ4n) is 2.15. The largest absolute Gasteiger partial charge is 0.487 e. The molecule has 2 rings (SSSR count). The van der Waals surface area contributed by atoms with Gasteiger partial charge >= 0.3 is 0 Å². The maximum absolute atomic E-state index is 6.01. The fourth-order valence-corrected chi connectivity index (χ4v) is 2.15. The average molecular weight is 259 g/mol. The fraction of sp³-hybridized carbons (Fsp3) is 0.400. The van der Waals surface area contributed by atoms with Gasteiger partial charge in [0.2, 0.25) is 0 Å². The number of rotatable bonds is 6. The standard InChI is InChI=1S/C15H21N3O/c1-4-18-11-17-9-14(18)10-19-15-12(2)6-5-7-13(15)8-16-3/h5-7,9,11,16H,4,8,10H2,1-3H3. The number of imidazole rings is 1. The van der Waals surface area contributed by atoms with E-state index in [0.29, 0.717) is 6.61 Å². The van der Waals surface area contributed by atoms with Crippen LogP contribution in [0.25, 0.3) is 0 Å². The first-order chi connectivity index (χ1) is 9.26. The molecule has 0 saturated carbocycles. The Morgan fingerprint density at radius 3 is 2.95 bits per heavy atom. The Kier molecular flexibility index (Phi) is 4.58. The van der Waals surface area contributed by atoms with Crippen molar-refractivity contribution in [2.24, 2.45) is 0 Å². The van der Waals surface area contributed by atoms with Gasteiger partial charge in [0.15, 0.2) is 0 Å². The molecule has 1 heterocycles. The molecule has 0 atom stereocenters. The summed E-state index contributed by atoms with van der Waals surface area (Å²) in [7, 11) is 1.94. The molecule has 0 saturated heterocycles. The van der Waals surface area contributed by atoms with Crippen LogP contribution < -0.4 is 10.1 Å². The minimum atomic E-state index is 0.551. The summed E-state index contributed by atoms with van der Waals surface area (Å²) in [4.78, 5) is 4.16. The number of hydrogen-bond acceptors (Lipinski definition) is 3. The summed E-state index contributed by atoms with van der Waals surface area (Å²) in [5.74, 6) is 0.973. The number of ether oxygens (including phenoxy) is 1. The molecule has 4 nitrogen and oxygen atoms in total. The second-order valence-electron chi connectivity index (χ2n) is 4.55. The Labute approximate surface area is 114 Å². The Balaban J connectivity index is 2.15. The third-order valence-corrected chi connectivity index (χ3v) is 3.16. The van der Waals surface area contributed by atoms with E-state index in [1.165, 1.54) is 5.56 Å². The van der Waals surface area contributed by atoms with Gasteiger partial charge < -0.3 is 14.6 Å². The molecule has 0 bridgehead atoms. The zero-order valence-electron chi connectivity index (χ0n) is 11.8. The molecule has 102 valence electrons. The number of hydrogen-bond donors (Lipinski definition) is 1. The lowest BCUT2D eigenvalue weighted by Crippen LogP contribution is -2.10. The molecule has 0 aliphatic carbocycles. The normalized spacial score (nSPS) is 10.7. The molecule has 0 spiro atoms. The van der Waals surface area contributed by atoms with Gasteiger partial charge in [0, 0.05) is 18.7 Å². The molecule has 1 aromatic heterocycles. The maximum Gasteiger partial charge on any atom is 0.130 e. The lowest BCUT2D eigenvalue weighted by molar-refractivity contribution is 0.290. The predicted molar refractivity (Wildman–Crippen MR) is 76.2 cm³/mol. The van der Waals surface area contributed by atoms with E-state index in [2.05, 4.69) is 46.9 Å². The third-order valence-electron chi connectivity index (χ3n) is 3.16. The number of nitrogens with zero attached hydrogens (tertiary/aromatic N) is 2. The van der Waals surface area contributed by atoms with E-state index < -0.39 is 0 Å². The van der Waals surface area contributed by atoms with Crippen LogP contribution >= 0.6 is 0 Å². The predicted octanol–water partition coefficient (Wildman–Crippen LogP) is 2.51. The summed E-state index contributed by atoms with van der Waals surface area (Å²) in [6, 6.07) is 6.23. The highest BCUT2D eigenvalue weighted by atomic mass is 16.5. The van der Waals surface area contributed by atoms with Crippen molar-refractivity contribution in [2.75, 3.05) is 7.05 Å². The lowest BCUT2D eigenvalue weighted by atomic mass is 10.1. The van der Waals surface area contributed by atoms with E-state index >= 15 is 0 Å². The highest BCUT2D eigenvalue weighted by Crippen LogP contribution is 2.24. The molecule has 1 aromatic carbocycles. The smallest absolute Gasteiger partial charge is 0.130 e. The number of aryl methyl sites for hydroxylation is 2. The zero-order chi connectivity index (χ0) is 13.7. The molecular weight excluding hydrogens is 238 g/mol. The Morgan fingerprint density at radius 1 is 1.37 bits per heavy atom. The van der Waals surface area contributed by atoms with Crippen molar-refractivity contribution in [3.8, 4) is 5.75 Å². The van der Waals surface area contributed by atoms with E-state index in [-0.39, 0.29) is 0 Å². The van der Waals surface area contributed by atoms with Gasteiger partial charge in [0.05, 0.1) is 18.2 Å². The number of nitrogens with one attached hydrogen (secondary N) is 1. The van der Waals surface area contributed by atoms with Crippen molar-refractivity contribution in [3.05, 3.63) is 47.5 Å². The van der Waals surface area contributed by atoms with Gasteiger partial charge in [-0.15, -0.1) is 0 Å². The van der Waals surface area contributed by atoms with Gasteiger partial charge in [-0.3, -0.25) is 0 Å². The summed E-state index contributed by atoms with van der Waals surface area (Å²) in [6.07, 6.45) is 3.70. The molecule has 0 unspecified atom stereocenters. The Hall–Kier alpha value is -1.81. The molecule has 19 heavy (non-hydrogen) atoms. The first-order valence-corrected chi connectivity index (χ1v) is 6.61. The van der Waals surface area contributed by atoms with Crippen molar-refractivity contribution in [1.82, 2.24) is 14.9 Å². The first kappa shape index (κ1) is 13.6. The molecule has 0 radical (unpaired) electrons. The van der Waals surface area contributed by atoms with Crippen LogP contribution in [0.2, 0.25) is 0 Å². The van der Waals surface area contributed by atoms with Crippen molar-refractivity contribution in [1.29, 1.82) is 0 Å². The number of benzene rings is 1. The second-order valence-corrected chi connectivity index (χ2v) is 4.55. The van der Waals surface area contributed by atoms with Gasteiger partial charge in [-0.05, 0) is 26.5 Å². The molecule has 0 aliphatic rings. The first-order valence-electron chi connectivity index (χ1n) is 6.61. The Bertz CT molecular complexity index is 534. The van der Waals surface area contributed by atoms with Crippen LogP contribution in [0.1, 0.15) is 23.7 Å². The van der Waals surface area contributed by atoms with E-state index in [1.54, 1.807) is 0 Å². The minimum absolute atomic E-state index is 0.551. The zero-order valence-corrected chi connectivity index (χ0v) is 11.8. The molecular formula is C15H21N3O. The van der Waals surface area contributed by atoms with Crippen molar-refractivity contribution in [2.45, 2.75) is 33.5 Å². The number of aromatic nitrogens is 2. The SMILES string of the molecule is CCn1cncc1COc1c(C)cccc1CNC. The van der Waals surface area contributed by atoms with Gasteiger partial charge in [-0.1, -0.05) is 18.2 Å². The van der Waals surface area contributed by atoms with Crippen LogP contribution in [-0.2, 0) is 19.7 Å². The summed E-state index contributed by atoms with van der Waals surface area (Å²) in [5.41, 5.74) is 3.45. The van der Waals surface area contributed by atoms with Crippen LogP contribution in [0.5, 0.6) is 5.75 Å². The van der Waals surface area contributed by atoms with Gasteiger partial charge in [0.1, 0.15) is 12.4 Å². The highest BCUT2D eigenvalue weighted by molar-refractivity contribution is 5.40. The van der Waals surface area contributed by atoms with E-state index in [1.807, 2.05) is 19.6 Å². The van der Waals surface area contributed by atoms with Gasteiger partial charge in [-0.25, -0.2) is 4.98 Å². The summed E-state index contributed by atoms with van der Waals surface area (Å²) < 4.78 is 8.10. The van der Waals surface area contributed by atoms with Crippen molar-refractivity contribution < 1.29 is 4.74 Å².